The molecule has 22 heavy (non-hydrogen) atoms. The van der Waals surface area contributed by atoms with Gasteiger partial charge in [-0.25, -0.2) is 15.0 Å². The highest BCUT2D eigenvalue weighted by Crippen LogP contribution is 2.29. The van der Waals surface area contributed by atoms with E-state index < -0.39 is 0 Å². The Bertz CT molecular complexity index is 817. The topological polar surface area (TPSA) is 73.9 Å². The van der Waals surface area contributed by atoms with Crippen LogP contribution in [0.4, 0.5) is 0 Å². The lowest BCUT2D eigenvalue weighted by Crippen LogP contribution is -2.05. The summed E-state index contributed by atoms with van der Waals surface area (Å²) >= 11 is 0. The van der Waals surface area contributed by atoms with Crippen molar-refractivity contribution < 1.29 is 4.74 Å². The van der Waals surface area contributed by atoms with E-state index in [0.717, 1.165) is 40.1 Å². The molecule has 0 atom stereocenters. The normalized spacial score (nSPS) is 10.9. The van der Waals surface area contributed by atoms with Gasteiger partial charge in [0.1, 0.15) is 11.5 Å². The summed E-state index contributed by atoms with van der Waals surface area (Å²) in [5, 5.41) is 0.968. The monoisotopic (exact) mass is 294 g/mol. The van der Waals surface area contributed by atoms with Gasteiger partial charge < -0.3 is 10.5 Å². The molecule has 0 saturated carbocycles. The van der Waals surface area contributed by atoms with Crippen LogP contribution in [0, 0.1) is 0 Å². The van der Waals surface area contributed by atoms with Gasteiger partial charge in [-0.3, -0.25) is 0 Å². The number of nitrogens with two attached hydrogens (primary N) is 1. The van der Waals surface area contributed by atoms with E-state index in [1.165, 1.54) is 0 Å². The third-order valence-electron chi connectivity index (χ3n) is 3.57. The number of aryl methyl sites for hydroxylation is 1. The average Bonchev–Trinajstić information content (AvgIpc) is 2.60. The maximum Gasteiger partial charge on any atom is 0.213 e. The van der Waals surface area contributed by atoms with Crippen molar-refractivity contribution in [2.24, 2.45) is 5.73 Å². The molecule has 0 aliphatic carbocycles. The highest BCUT2D eigenvalue weighted by Gasteiger charge is 2.14. The summed E-state index contributed by atoms with van der Waals surface area (Å²) in [6.45, 7) is 2.43. The summed E-state index contributed by atoms with van der Waals surface area (Å²) in [4.78, 5) is 13.8. The first kappa shape index (κ1) is 14.4. The van der Waals surface area contributed by atoms with E-state index in [1.807, 2.05) is 43.3 Å². The second-order valence-corrected chi connectivity index (χ2v) is 4.92. The minimum atomic E-state index is 0.395. The lowest BCUT2D eigenvalue weighted by atomic mass is 10.1. The van der Waals surface area contributed by atoms with Gasteiger partial charge in [-0.1, -0.05) is 31.2 Å². The lowest BCUT2D eigenvalue weighted by Gasteiger charge is -2.12. The predicted molar refractivity (Wildman–Crippen MR) is 86.6 cm³/mol. The van der Waals surface area contributed by atoms with Gasteiger partial charge in [0.2, 0.25) is 5.88 Å². The van der Waals surface area contributed by atoms with Crippen LogP contribution in [0.25, 0.3) is 22.3 Å². The molecule has 0 amide bonds. The fraction of sp³-hybridized carbons (Fsp3) is 0.235. The van der Waals surface area contributed by atoms with Gasteiger partial charge in [0.25, 0.3) is 0 Å². The minimum absolute atomic E-state index is 0.395. The summed E-state index contributed by atoms with van der Waals surface area (Å²) < 4.78 is 5.25. The van der Waals surface area contributed by atoms with Crippen LogP contribution >= 0.6 is 0 Å². The molecule has 112 valence electrons. The van der Waals surface area contributed by atoms with Crippen molar-refractivity contribution in [2.75, 3.05) is 7.11 Å². The van der Waals surface area contributed by atoms with Crippen LogP contribution < -0.4 is 10.5 Å². The highest BCUT2D eigenvalue weighted by molar-refractivity contribution is 5.92. The SMILES string of the molecule is CCc1nc(-c2nc(OC)ccc2CN)c2ccccc2n1. The molecule has 3 aromatic rings. The Morgan fingerprint density at radius 1 is 1.00 bits per heavy atom. The number of benzene rings is 1. The molecule has 0 bridgehead atoms. The van der Waals surface area contributed by atoms with Gasteiger partial charge in [-0.15, -0.1) is 0 Å². The number of nitrogens with zero attached hydrogens (tertiary/aromatic N) is 3. The Morgan fingerprint density at radius 3 is 2.55 bits per heavy atom. The molecule has 0 saturated heterocycles. The largest absolute Gasteiger partial charge is 0.481 e. The summed E-state index contributed by atoms with van der Waals surface area (Å²) in [6.07, 6.45) is 0.764. The van der Waals surface area contributed by atoms with Crippen LogP contribution in [0.15, 0.2) is 36.4 Å². The van der Waals surface area contributed by atoms with Crippen molar-refractivity contribution in [3.8, 4) is 17.3 Å². The van der Waals surface area contributed by atoms with E-state index in [4.69, 9.17) is 10.5 Å². The second kappa shape index (κ2) is 6.07. The molecule has 0 fully saturated rings. The maximum atomic E-state index is 5.87. The van der Waals surface area contributed by atoms with Crippen molar-refractivity contribution in [1.82, 2.24) is 15.0 Å². The zero-order valence-corrected chi connectivity index (χ0v) is 12.7. The molecule has 0 unspecified atom stereocenters. The number of aromatic nitrogens is 3. The van der Waals surface area contributed by atoms with E-state index in [1.54, 1.807) is 7.11 Å². The molecular weight excluding hydrogens is 276 g/mol. The third-order valence-corrected chi connectivity index (χ3v) is 3.57. The van der Waals surface area contributed by atoms with Crippen LogP contribution in [0.5, 0.6) is 5.88 Å². The Balaban J connectivity index is 2.33. The third kappa shape index (κ3) is 2.51. The summed E-state index contributed by atoms with van der Waals surface area (Å²) in [5.74, 6) is 1.34. The summed E-state index contributed by atoms with van der Waals surface area (Å²) in [7, 11) is 1.60. The van der Waals surface area contributed by atoms with Crippen LogP contribution in [-0.4, -0.2) is 22.1 Å². The van der Waals surface area contributed by atoms with Gasteiger partial charge in [-0.2, -0.15) is 0 Å². The molecule has 2 N–H and O–H groups in total. The number of methoxy groups -OCH3 is 1. The quantitative estimate of drug-likeness (QED) is 0.801. The van der Waals surface area contributed by atoms with Gasteiger partial charge in [0.05, 0.1) is 18.3 Å². The summed E-state index contributed by atoms with van der Waals surface area (Å²) in [6, 6.07) is 11.7. The number of rotatable bonds is 4. The molecule has 0 radical (unpaired) electrons. The van der Waals surface area contributed by atoms with E-state index in [2.05, 4.69) is 15.0 Å². The Hall–Kier alpha value is -2.53. The van der Waals surface area contributed by atoms with Crippen molar-refractivity contribution in [3.63, 3.8) is 0 Å². The Kier molecular flexibility index (Phi) is 3.98. The van der Waals surface area contributed by atoms with Crippen LogP contribution in [0.3, 0.4) is 0 Å². The first-order chi connectivity index (χ1) is 10.8. The molecule has 3 rings (SSSR count). The van der Waals surface area contributed by atoms with Crippen molar-refractivity contribution in [3.05, 3.63) is 47.8 Å². The molecule has 5 nitrogen and oxygen atoms in total. The first-order valence-electron chi connectivity index (χ1n) is 7.26. The van der Waals surface area contributed by atoms with Gasteiger partial charge in [0, 0.05) is 24.4 Å². The molecule has 0 spiro atoms. The van der Waals surface area contributed by atoms with Crippen LogP contribution in [0.1, 0.15) is 18.3 Å². The van der Waals surface area contributed by atoms with Crippen molar-refractivity contribution >= 4 is 10.9 Å². The van der Waals surface area contributed by atoms with Crippen LogP contribution in [-0.2, 0) is 13.0 Å². The Morgan fingerprint density at radius 2 is 1.82 bits per heavy atom. The van der Waals surface area contributed by atoms with E-state index in [0.29, 0.717) is 12.4 Å². The van der Waals surface area contributed by atoms with Gasteiger partial charge in [-0.05, 0) is 11.6 Å². The van der Waals surface area contributed by atoms with E-state index in [-0.39, 0.29) is 0 Å². The fourth-order valence-corrected chi connectivity index (χ4v) is 2.42. The number of fused-ring (bicyclic) bond motifs is 1. The molecule has 2 heterocycles. The molecular formula is C17H18N4O. The zero-order chi connectivity index (χ0) is 15.5. The number of hydrogen-bond acceptors (Lipinski definition) is 5. The smallest absolute Gasteiger partial charge is 0.213 e. The molecule has 0 aliphatic heterocycles. The number of ether oxygens (including phenoxy) is 1. The summed E-state index contributed by atoms with van der Waals surface area (Å²) in [5.41, 5.74) is 9.29. The molecule has 2 aromatic heterocycles. The fourth-order valence-electron chi connectivity index (χ4n) is 2.42. The Labute approximate surface area is 129 Å². The van der Waals surface area contributed by atoms with Crippen molar-refractivity contribution in [1.29, 1.82) is 0 Å². The van der Waals surface area contributed by atoms with E-state index >= 15 is 0 Å². The minimum Gasteiger partial charge on any atom is -0.481 e. The molecule has 5 heteroatoms. The standard InChI is InChI=1S/C17H18N4O/c1-3-14-19-13-7-5-4-6-12(13)17(20-14)16-11(10-18)8-9-15(21-16)22-2/h4-9H,3,10,18H2,1-2H3. The van der Waals surface area contributed by atoms with Gasteiger partial charge >= 0.3 is 0 Å². The maximum absolute atomic E-state index is 5.87. The average molecular weight is 294 g/mol. The van der Waals surface area contributed by atoms with E-state index in [9.17, 15) is 0 Å². The number of pyridine rings is 1. The molecule has 0 aliphatic rings. The van der Waals surface area contributed by atoms with Gasteiger partial charge in [0.15, 0.2) is 0 Å². The predicted octanol–water partition coefficient (Wildman–Crippen LogP) is 2.72. The highest BCUT2D eigenvalue weighted by atomic mass is 16.5. The molecule has 1 aromatic carbocycles. The second-order valence-electron chi connectivity index (χ2n) is 4.92. The number of hydrogen-bond donors (Lipinski definition) is 1. The first-order valence-corrected chi connectivity index (χ1v) is 7.26. The lowest BCUT2D eigenvalue weighted by molar-refractivity contribution is 0.398. The number of para-hydroxylation sites is 1. The van der Waals surface area contributed by atoms with Crippen LogP contribution in [0.2, 0.25) is 0 Å². The van der Waals surface area contributed by atoms with Crippen molar-refractivity contribution in [2.45, 2.75) is 19.9 Å². The zero-order valence-electron chi connectivity index (χ0n) is 12.7.